The SMILES string of the molecule is COC1CCCN(OC[C@H]2O[C@@H](n3cnc4c(N)ncnc43)[C@H](O)[C@@H]2O)C1. The van der Waals surface area contributed by atoms with E-state index in [4.69, 9.17) is 20.0 Å². The number of aromatic nitrogens is 4. The van der Waals surface area contributed by atoms with Crippen molar-refractivity contribution in [2.45, 2.75) is 43.5 Å². The maximum absolute atomic E-state index is 10.5. The minimum absolute atomic E-state index is 0.120. The number of rotatable bonds is 5. The number of fused-ring (bicyclic) bond motifs is 1. The van der Waals surface area contributed by atoms with Gasteiger partial charge < -0.3 is 25.4 Å². The zero-order valence-corrected chi connectivity index (χ0v) is 15.0. The molecule has 27 heavy (non-hydrogen) atoms. The van der Waals surface area contributed by atoms with Gasteiger partial charge in [-0.05, 0) is 12.8 Å². The predicted molar refractivity (Wildman–Crippen MR) is 93.2 cm³/mol. The van der Waals surface area contributed by atoms with E-state index < -0.39 is 24.5 Å². The molecule has 0 saturated carbocycles. The van der Waals surface area contributed by atoms with E-state index in [1.807, 2.05) is 5.06 Å². The summed E-state index contributed by atoms with van der Waals surface area (Å²) in [5, 5.41) is 22.7. The summed E-state index contributed by atoms with van der Waals surface area (Å²) in [6.07, 6.45) is 1.09. The van der Waals surface area contributed by atoms with Gasteiger partial charge in [-0.2, -0.15) is 5.06 Å². The number of piperidine rings is 1. The van der Waals surface area contributed by atoms with Gasteiger partial charge in [-0.3, -0.25) is 9.40 Å². The Kier molecular flexibility index (Phi) is 5.21. The lowest BCUT2D eigenvalue weighted by molar-refractivity contribution is -0.214. The Morgan fingerprint density at radius 3 is 2.96 bits per heavy atom. The molecule has 5 atom stereocenters. The van der Waals surface area contributed by atoms with E-state index in [-0.39, 0.29) is 18.5 Å². The summed E-state index contributed by atoms with van der Waals surface area (Å²) in [5.41, 5.74) is 6.64. The molecule has 1 unspecified atom stereocenters. The van der Waals surface area contributed by atoms with Crippen molar-refractivity contribution in [2.75, 3.05) is 32.5 Å². The maximum atomic E-state index is 10.5. The molecule has 2 aliphatic heterocycles. The molecule has 4 N–H and O–H groups in total. The lowest BCUT2D eigenvalue weighted by Gasteiger charge is -2.31. The van der Waals surface area contributed by atoms with E-state index in [0.717, 1.165) is 19.4 Å². The molecule has 0 bridgehead atoms. The Hall–Kier alpha value is -1.89. The fourth-order valence-corrected chi connectivity index (χ4v) is 3.55. The minimum atomic E-state index is -1.15. The average Bonchev–Trinajstić information content (AvgIpc) is 3.23. The highest BCUT2D eigenvalue weighted by atomic mass is 16.7. The van der Waals surface area contributed by atoms with Crippen LogP contribution in [0.15, 0.2) is 12.7 Å². The molecule has 0 amide bonds. The van der Waals surface area contributed by atoms with Crippen LogP contribution in [0.3, 0.4) is 0 Å². The van der Waals surface area contributed by atoms with Crippen molar-refractivity contribution in [3.8, 4) is 0 Å². The number of ether oxygens (including phenoxy) is 2. The van der Waals surface area contributed by atoms with Gasteiger partial charge in [0.1, 0.15) is 30.2 Å². The molecule has 11 nitrogen and oxygen atoms in total. The molecule has 2 saturated heterocycles. The number of aliphatic hydroxyl groups excluding tert-OH is 2. The summed E-state index contributed by atoms with van der Waals surface area (Å²) in [6.45, 7) is 1.57. The maximum Gasteiger partial charge on any atom is 0.167 e. The lowest BCUT2D eigenvalue weighted by Crippen LogP contribution is -2.42. The van der Waals surface area contributed by atoms with Gasteiger partial charge in [-0.15, -0.1) is 0 Å². The molecule has 2 aliphatic rings. The number of anilines is 1. The fraction of sp³-hybridized carbons (Fsp3) is 0.688. The Bertz CT molecular complexity index is 788. The molecule has 0 spiro atoms. The zero-order chi connectivity index (χ0) is 19.0. The van der Waals surface area contributed by atoms with Gasteiger partial charge in [0.05, 0.1) is 25.6 Å². The van der Waals surface area contributed by atoms with Crippen LogP contribution in [0.5, 0.6) is 0 Å². The molecular formula is C16H24N6O5. The summed E-state index contributed by atoms with van der Waals surface area (Å²) >= 11 is 0. The number of hydroxylamine groups is 2. The van der Waals surface area contributed by atoms with Crippen LogP contribution in [0.4, 0.5) is 5.82 Å². The van der Waals surface area contributed by atoms with E-state index in [1.54, 1.807) is 11.7 Å². The second-order valence-electron chi connectivity index (χ2n) is 6.81. The van der Waals surface area contributed by atoms with Crippen molar-refractivity contribution in [3.63, 3.8) is 0 Å². The highest BCUT2D eigenvalue weighted by Crippen LogP contribution is 2.32. The molecule has 11 heteroatoms. The number of nitrogens with zero attached hydrogens (tertiary/aromatic N) is 5. The standard InChI is InChI=1S/C16H24N6O5/c1-25-9-3-2-4-21(5-9)26-6-10-12(23)13(24)16(27-10)22-8-20-11-14(17)18-7-19-15(11)22/h7-10,12-13,16,23-24H,2-6H2,1H3,(H2,17,18,19)/t9?,10-,12-,13-,16-/m1/s1. The Balaban J connectivity index is 1.44. The molecule has 0 aliphatic carbocycles. The van der Waals surface area contributed by atoms with Crippen molar-refractivity contribution < 1.29 is 24.5 Å². The second-order valence-corrected chi connectivity index (χ2v) is 6.81. The molecule has 2 aromatic rings. The molecule has 2 fully saturated rings. The smallest absolute Gasteiger partial charge is 0.167 e. The third-order valence-corrected chi connectivity index (χ3v) is 5.09. The van der Waals surface area contributed by atoms with Gasteiger partial charge in [0, 0.05) is 13.7 Å². The monoisotopic (exact) mass is 380 g/mol. The van der Waals surface area contributed by atoms with Crippen LogP contribution in [-0.4, -0.2) is 86.0 Å². The summed E-state index contributed by atoms with van der Waals surface area (Å²) in [5.74, 6) is 0.240. The minimum Gasteiger partial charge on any atom is -0.387 e. The molecule has 2 aromatic heterocycles. The normalized spacial score (nSPS) is 32.3. The van der Waals surface area contributed by atoms with Gasteiger partial charge in [0.15, 0.2) is 17.7 Å². The quantitative estimate of drug-likeness (QED) is 0.595. The van der Waals surface area contributed by atoms with Gasteiger partial charge >= 0.3 is 0 Å². The summed E-state index contributed by atoms with van der Waals surface area (Å²) in [6, 6.07) is 0. The van der Waals surface area contributed by atoms with E-state index >= 15 is 0 Å². The van der Waals surface area contributed by atoms with E-state index in [9.17, 15) is 10.2 Å². The number of nitrogens with two attached hydrogens (primary N) is 1. The number of imidazole rings is 1. The van der Waals surface area contributed by atoms with Gasteiger partial charge in [0.25, 0.3) is 0 Å². The molecule has 0 aromatic carbocycles. The first kappa shape index (κ1) is 18.5. The van der Waals surface area contributed by atoms with E-state index in [2.05, 4.69) is 15.0 Å². The van der Waals surface area contributed by atoms with Crippen LogP contribution < -0.4 is 5.73 Å². The van der Waals surface area contributed by atoms with Crippen molar-refractivity contribution >= 4 is 17.0 Å². The Morgan fingerprint density at radius 2 is 2.15 bits per heavy atom. The van der Waals surface area contributed by atoms with Crippen molar-refractivity contribution in [3.05, 3.63) is 12.7 Å². The summed E-state index contributed by atoms with van der Waals surface area (Å²) < 4.78 is 12.8. The highest BCUT2D eigenvalue weighted by Gasteiger charge is 2.44. The van der Waals surface area contributed by atoms with Gasteiger partial charge in [-0.1, -0.05) is 0 Å². The molecule has 0 radical (unpaired) electrons. The van der Waals surface area contributed by atoms with Crippen LogP contribution in [0, 0.1) is 0 Å². The highest BCUT2D eigenvalue weighted by molar-refractivity contribution is 5.81. The number of aliphatic hydroxyl groups is 2. The number of nitrogen functional groups attached to an aromatic ring is 1. The fourth-order valence-electron chi connectivity index (χ4n) is 3.55. The van der Waals surface area contributed by atoms with Crippen LogP contribution in [0.1, 0.15) is 19.1 Å². The molecule has 4 heterocycles. The number of hydrogen-bond acceptors (Lipinski definition) is 10. The van der Waals surface area contributed by atoms with Crippen molar-refractivity contribution in [1.82, 2.24) is 24.6 Å². The Labute approximate surface area is 155 Å². The second kappa shape index (κ2) is 7.62. The number of methoxy groups -OCH3 is 1. The molecule has 4 rings (SSSR count). The zero-order valence-electron chi connectivity index (χ0n) is 15.0. The summed E-state index contributed by atoms with van der Waals surface area (Å²) in [4.78, 5) is 18.0. The lowest BCUT2D eigenvalue weighted by atomic mass is 10.1. The molecular weight excluding hydrogens is 356 g/mol. The van der Waals surface area contributed by atoms with E-state index in [1.165, 1.54) is 12.7 Å². The van der Waals surface area contributed by atoms with Crippen molar-refractivity contribution in [2.24, 2.45) is 0 Å². The average molecular weight is 380 g/mol. The largest absolute Gasteiger partial charge is 0.387 e. The molecule has 148 valence electrons. The van der Waals surface area contributed by atoms with Crippen LogP contribution >= 0.6 is 0 Å². The van der Waals surface area contributed by atoms with Gasteiger partial charge in [0.2, 0.25) is 0 Å². The first-order chi connectivity index (χ1) is 13.1. The Morgan fingerprint density at radius 1 is 1.30 bits per heavy atom. The van der Waals surface area contributed by atoms with Crippen LogP contribution in [0.25, 0.3) is 11.2 Å². The first-order valence-corrected chi connectivity index (χ1v) is 8.93. The number of hydrogen-bond donors (Lipinski definition) is 3. The van der Waals surface area contributed by atoms with Gasteiger partial charge in [-0.25, -0.2) is 15.0 Å². The first-order valence-electron chi connectivity index (χ1n) is 8.93. The summed E-state index contributed by atoms with van der Waals surface area (Å²) in [7, 11) is 1.69. The van der Waals surface area contributed by atoms with Crippen LogP contribution in [0.2, 0.25) is 0 Å². The van der Waals surface area contributed by atoms with Crippen LogP contribution in [-0.2, 0) is 14.3 Å². The van der Waals surface area contributed by atoms with Crippen molar-refractivity contribution in [1.29, 1.82) is 0 Å². The third kappa shape index (κ3) is 3.49. The van der Waals surface area contributed by atoms with E-state index in [0.29, 0.717) is 17.7 Å². The third-order valence-electron chi connectivity index (χ3n) is 5.09. The topological polar surface area (TPSA) is 141 Å². The predicted octanol–water partition coefficient (Wildman–Crippen LogP) is -0.930.